The van der Waals surface area contributed by atoms with E-state index in [1.54, 1.807) is 0 Å². The van der Waals surface area contributed by atoms with Crippen molar-refractivity contribution >= 4 is 23.8 Å². The van der Waals surface area contributed by atoms with Crippen molar-refractivity contribution in [2.75, 3.05) is 5.73 Å². The van der Waals surface area contributed by atoms with Crippen LogP contribution in [0.15, 0.2) is 36.4 Å². The van der Waals surface area contributed by atoms with Crippen molar-refractivity contribution in [1.29, 1.82) is 0 Å². The van der Waals surface area contributed by atoms with Crippen LogP contribution in [0.3, 0.4) is 0 Å². The van der Waals surface area contributed by atoms with Gasteiger partial charge in [-0.2, -0.15) is 0 Å². The Morgan fingerprint density at radius 3 is 2.31 bits per heavy atom. The number of nitrogens with two attached hydrogens (primary N) is 1. The second-order valence-corrected chi connectivity index (χ2v) is 6.37. The first-order valence-electron chi connectivity index (χ1n) is 8.21. The molecule has 0 atom stereocenters. The van der Waals surface area contributed by atoms with Crippen LogP contribution in [-0.4, -0.2) is 11.1 Å². The molecule has 8 heteroatoms. The van der Waals surface area contributed by atoms with Crippen molar-refractivity contribution in [3.8, 4) is 11.5 Å². The SMILES string of the molecule is C=c1ccc2c(c1)Oc1cc(N)ccc1C=2c1c(F)c(F)c(F)c(F)c1C(=O)O. The number of halogens is 4. The molecule has 1 aliphatic heterocycles. The van der Waals surface area contributed by atoms with Gasteiger partial charge in [-0.3, -0.25) is 0 Å². The van der Waals surface area contributed by atoms with Gasteiger partial charge >= 0.3 is 5.97 Å². The molecule has 0 fully saturated rings. The van der Waals surface area contributed by atoms with E-state index in [4.69, 9.17) is 10.5 Å². The highest BCUT2D eigenvalue weighted by atomic mass is 19.2. The molecule has 1 aliphatic rings. The number of hydrogen-bond acceptors (Lipinski definition) is 3. The van der Waals surface area contributed by atoms with Crippen LogP contribution in [0.1, 0.15) is 21.5 Å². The summed E-state index contributed by atoms with van der Waals surface area (Å²) in [5.41, 5.74) is 3.74. The molecule has 1 heterocycles. The Balaban J connectivity index is 2.27. The van der Waals surface area contributed by atoms with Gasteiger partial charge in [-0.05, 0) is 23.4 Å². The molecule has 146 valence electrons. The van der Waals surface area contributed by atoms with Gasteiger partial charge in [0.25, 0.3) is 0 Å². The van der Waals surface area contributed by atoms with Crippen LogP contribution in [0.2, 0.25) is 0 Å². The standard InChI is InChI=1S/C21H11F4NO3/c1-8-2-4-10-12(6-8)29-13-7-9(26)3-5-11(13)14(10)15-16(21(27)28)18(23)20(25)19(24)17(15)22/h2-7H,1,26H2,(H,27,28). The summed E-state index contributed by atoms with van der Waals surface area (Å²) in [5, 5.41) is 10.1. The van der Waals surface area contributed by atoms with Gasteiger partial charge in [0, 0.05) is 33.7 Å². The molecular formula is C21H11F4NO3. The van der Waals surface area contributed by atoms with Crippen molar-refractivity contribution in [2.45, 2.75) is 0 Å². The predicted molar refractivity (Wildman–Crippen MR) is 97.0 cm³/mol. The summed E-state index contributed by atoms with van der Waals surface area (Å²) in [7, 11) is 0. The van der Waals surface area contributed by atoms with Crippen LogP contribution in [0.4, 0.5) is 23.2 Å². The number of nitrogen functional groups attached to an aromatic ring is 1. The van der Waals surface area contributed by atoms with E-state index in [0.29, 0.717) is 5.22 Å². The third-order valence-electron chi connectivity index (χ3n) is 4.54. The molecule has 0 saturated heterocycles. The molecule has 0 radical (unpaired) electrons. The average molecular weight is 401 g/mol. The van der Waals surface area contributed by atoms with Gasteiger partial charge in [0.1, 0.15) is 17.1 Å². The molecule has 0 bridgehead atoms. The lowest BCUT2D eigenvalue weighted by Gasteiger charge is -2.23. The summed E-state index contributed by atoms with van der Waals surface area (Å²) in [6, 6.07) is 8.66. The first kappa shape index (κ1) is 18.5. The molecule has 4 nitrogen and oxygen atoms in total. The minimum absolute atomic E-state index is 0.110. The van der Waals surface area contributed by atoms with E-state index >= 15 is 0 Å². The van der Waals surface area contributed by atoms with E-state index in [2.05, 4.69) is 6.58 Å². The zero-order valence-electron chi connectivity index (χ0n) is 14.5. The number of hydrogen-bond donors (Lipinski definition) is 2. The van der Waals surface area contributed by atoms with Gasteiger partial charge in [-0.1, -0.05) is 18.7 Å². The Labute approximate surface area is 160 Å². The highest BCUT2D eigenvalue weighted by Crippen LogP contribution is 2.40. The predicted octanol–water partition coefficient (Wildman–Crippen LogP) is 3.29. The van der Waals surface area contributed by atoms with Crippen molar-refractivity contribution < 1.29 is 32.2 Å². The lowest BCUT2D eigenvalue weighted by atomic mass is 9.88. The van der Waals surface area contributed by atoms with Crippen molar-refractivity contribution in [2.24, 2.45) is 0 Å². The maximum Gasteiger partial charge on any atom is 0.339 e. The monoisotopic (exact) mass is 401 g/mol. The normalized spacial score (nSPS) is 12.2. The van der Waals surface area contributed by atoms with Crippen molar-refractivity contribution in [3.05, 3.63) is 86.8 Å². The largest absolute Gasteiger partial charge is 0.478 e. The molecule has 0 aliphatic carbocycles. The number of carboxylic acids is 1. The van der Waals surface area contributed by atoms with E-state index in [1.165, 1.54) is 36.4 Å². The summed E-state index contributed by atoms with van der Waals surface area (Å²) in [5.74, 6) is -9.86. The van der Waals surface area contributed by atoms with E-state index in [0.717, 1.165) is 0 Å². The van der Waals surface area contributed by atoms with E-state index < -0.39 is 40.4 Å². The van der Waals surface area contributed by atoms with Crippen LogP contribution < -0.4 is 20.9 Å². The van der Waals surface area contributed by atoms with Crippen LogP contribution >= 0.6 is 0 Å². The van der Waals surface area contributed by atoms with Crippen LogP contribution in [0.5, 0.6) is 11.5 Å². The lowest BCUT2D eigenvalue weighted by molar-refractivity contribution is 0.0689. The van der Waals surface area contributed by atoms with Gasteiger partial charge in [0.15, 0.2) is 23.3 Å². The van der Waals surface area contributed by atoms with Crippen molar-refractivity contribution in [3.63, 3.8) is 0 Å². The molecule has 0 unspecified atom stereocenters. The Morgan fingerprint density at radius 2 is 1.62 bits per heavy atom. The fourth-order valence-corrected chi connectivity index (χ4v) is 3.29. The van der Waals surface area contributed by atoms with Crippen LogP contribution in [-0.2, 0) is 0 Å². The molecule has 3 aromatic carbocycles. The Morgan fingerprint density at radius 1 is 0.931 bits per heavy atom. The van der Waals surface area contributed by atoms with Crippen LogP contribution in [0.25, 0.3) is 12.2 Å². The first-order valence-corrected chi connectivity index (χ1v) is 8.21. The van der Waals surface area contributed by atoms with E-state index in [-0.39, 0.29) is 33.5 Å². The van der Waals surface area contributed by atoms with E-state index in [1.807, 2.05) is 0 Å². The minimum Gasteiger partial charge on any atom is -0.478 e. The molecule has 0 spiro atoms. The maximum atomic E-state index is 14.9. The number of carbonyl (C=O) groups is 1. The average Bonchev–Trinajstić information content (AvgIpc) is 2.66. The highest BCUT2D eigenvalue weighted by Gasteiger charge is 2.34. The third-order valence-corrected chi connectivity index (χ3v) is 4.54. The molecule has 3 aromatic rings. The summed E-state index contributed by atoms with van der Waals surface area (Å²) in [6.07, 6.45) is 0. The summed E-state index contributed by atoms with van der Waals surface area (Å²) in [4.78, 5) is 11.7. The van der Waals surface area contributed by atoms with Crippen LogP contribution in [0, 0.1) is 23.3 Å². The Bertz CT molecular complexity index is 1330. The molecule has 0 amide bonds. The minimum atomic E-state index is -2.21. The van der Waals surface area contributed by atoms with Gasteiger partial charge in [-0.25, -0.2) is 22.4 Å². The lowest BCUT2D eigenvalue weighted by Crippen LogP contribution is -2.23. The fraction of sp³-hybridized carbons (Fsp3) is 0. The summed E-state index contributed by atoms with van der Waals surface area (Å²) in [6.45, 7) is 3.75. The van der Waals surface area contributed by atoms with E-state index in [9.17, 15) is 27.5 Å². The number of benzene rings is 3. The summed E-state index contributed by atoms with van der Waals surface area (Å²) >= 11 is 0. The number of carboxylic acid groups (broad SMARTS) is 1. The second kappa shape index (κ2) is 6.37. The smallest absolute Gasteiger partial charge is 0.339 e. The topological polar surface area (TPSA) is 72.5 Å². The summed E-state index contributed by atoms with van der Waals surface area (Å²) < 4.78 is 62.8. The molecule has 0 aromatic heterocycles. The van der Waals surface area contributed by atoms with Gasteiger partial charge < -0.3 is 15.6 Å². The molecule has 4 rings (SSSR count). The number of rotatable bonds is 2. The Kier molecular flexibility index (Phi) is 4.07. The number of anilines is 1. The van der Waals surface area contributed by atoms with Gasteiger partial charge in [-0.15, -0.1) is 0 Å². The molecule has 29 heavy (non-hydrogen) atoms. The third kappa shape index (κ3) is 2.72. The fourth-order valence-electron chi connectivity index (χ4n) is 3.29. The van der Waals surface area contributed by atoms with Gasteiger partial charge in [0.05, 0.1) is 0 Å². The van der Waals surface area contributed by atoms with Gasteiger partial charge in [0.2, 0.25) is 0 Å². The van der Waals surface area contributed by atoms with Crippen molar-refractivity contribution in [1.82, 2.24) is 0 Å². The number of ether oxygens (including phenoxy) is 1. The molecular weight excluding hydrogens is 390 g/mol. The zero-order chi connectivity index (χ0) is 21.0. The number of aromatic carboxylic acids is 1. The molecule has 0 saturated carbocycles. The molecule has 3 N–H and O–H groups in total. The second-order valence-electron chi connectivity index (χ2n) is 6.37. The first-order chi connectivity index (χ1) is 13.7. The maximum absolute atomic E-state index is 14.9. The highest BCUT2D eigenvalue weighted by molar-refractivity contribution is 5.98. The Hall–Kier alpha value is -3.81. The number of fused-ring (bicyclic) bond motifs is 2. The zero-order valence-corrected chi connectivity index (χ0v) is 14.5. The quantitative estimate of drug-likeness (QED) is 0.234.